The molecule has 1 N–H and O–H groups in total. The second-order valence-corrected chi connectivity index (χ2v) is 5.62. The smallest absolute Gasteiger partial charge is 0.275 e. The number of ether oxygens (including phenoxy) is 1. The highest BCUT2D eigenvalue weighted by atomic mass is 35.5. The number of rotatable bonds is 5. The van der Waals surface area contributed by atoms with Crippen LogP contribution < -0.4 is 10.1 Å². The van der Waals surface area contributed by atoms with E-state index in [0.29, 0.717) is 23.0 Å². The van der Waals surface area contributed by atoms with Crippen LogP contribution in [0.4, 0.5) is 5.69 Å². The lowest BCUT2D eigenvalue weighted by Crippen LogP contribution is -2.16. The minimum absolute atomic E-state index is 0.307. The number of amides is 1. The zero-order valence-corrected chi connectivity index (χ0v) is 13.8. The zero-order valence-electron chi connectivity index (χ0n) is 13.1. The van der Waals surface area contributed by atoms with E-state index < -0.39 is 0 Å². The normalized spacial score (nSPS) is 10.4. The van der Waals surface area contributed by atoms with Crippen molar-refractivity contribution in [1.82, 2.24) is 9.78 Å². The molecule has 1 heterocycles. The number of anilines is 1. The van der Waals surface area contributed by atoms with Crippen LogP contribution in [0.5, 0.6) is 5.75 Å². The Morgan fingerprint density at radius 2 is 1.88 bits per heavy atom. The highest BCUT2D eigenvalue weighted by Gasteiger charge is 2.15. The Kier molecular flexibility index (Phi) is 4.82. The number of carbonyl (C=O) groups is 1. The molecule has 2 aromatic carbocycles. The molecular weight excluding hydrogens is 326 g/mol. The predicted molar refractivity (Wildman–Crippen MR) is 93.4 cm³/mol. The Bertz CT molecular complexity index is 810. The highest BCUT2D eigenvalue weighted by Crippen LogP contribution is 2.19. The van der Waals surface area contributed by atoms with Crippen molar-refractivity contribution < 1.29 is 9.53 Å². The van der Waals surface area contributed by atoms with Crippen molar-refractivity contribution in [3.05, 3.63) is 77.1 Å². The van der Waals surface area contributed by atoms with Crippen LogP contribution in [0.15, 0.2) is 60.8 Å². The Balaban J connectivity index is 1.61. The van der Waals surface area contributed by atoms with Crippen molar-refractivity contribution in [2.24, 2.45) is 7.05 Å². The van der Waals surface area contributed by atoms with Crippen LogP contribution >= 0.6 is 11.6 Å². The summed E-state index contributed by atoms with van der Waals surface area (Å²) in [4.78, 5) is 12.2. The van der Waals surface area contributed by atoms with Gasteiger partial charge in [-0.2, -0.15) is 5.10 Å². The van der Waals surface area contributed by atoms with E-state index in [0.717, 1.165) is 11.3 Å². The number of aryl methyl sites for hydroxylation is 1. The number of halogens is 1. The average molecular weight is 342 g/mol. The first-order chi connectivity index (χ1) is 11.6. The van der Waals surface area contributed by atoms with Gasteiger partial charge in [-0.25, -0.2) is 0 Å². The fourth-order valence-electron chi connectivity index (χ4n) is 2.23. The lowest BCUT2D eigenvalue weighted by atomic mass is 10.2. The molecule has 0 saturated heterocycles. The molecule has 0 radical (unpaired) electrons. The topological polar surface area (TPSA) is 56.2 Å². The van der Waals surface area contributed by atoms with Gasteiger partial charge in [-0.05, 0) is 29.8 Å². The molecule has 0 saturated carbocycles. The molecule has 0 bridgehead atoms. The van der Waals surface area contributed by atoms with Crippen LogP contribution in [0, 0.1) is 0 Å². The summed E-state index contributed by atoms with van der Waals surface area (Å²) < 4.78 is 7.15. The first-order valence-electron chi connectivity index (χ1n) is 7.39. The van der Waals surface area contributed by atoms with Gasteiger partial charge in [-0.3, -0.25) is 9.48 Å². The summed E-state index contributed by atoms with van der Waals surface area (Å²) >= 11 is 5.97. The minimum atomic E-state index is -0.307. The van der Waals surface area contributed by atoms with Gasteiger partial charge in [0.15, 0.2) is 0 Å². The van der Waals surface area contributed by atoms with E-state index in [2.05, 4.69) is 10.4 Å². The van der Waals surface area contributed by atoms with Crippen LogP contribution in [0.1, 0.15) is 16.1 Å². The Morgan fingerprint density at radius 3 is 2.50 bits per heavy atom. The van der Waals surface area contributed by atoms with Crippen LogP contribution in [0.3, 0.4) is 0 Å². The third kappa shape index (κ3) is 3.75. The van der Waals surface area contributed by atoms with Gasteiger partial charge in [0.1, 0.15) is 18.1 Å². The molecule has 122 valence electrons. The number of hydrogen-bond acceptors (Lipinski definition) is 3. The summed E-state index contributed by atoms with van der Waals surface area (Å²) in [6.07, 6.45) is 1.44. The van der Waals surface area contributed by atoms with Crippen LogP contribution in [-0.2, 0) is 13.7 Å². The van der Waals surface area contributed by atoms with Crippen molar-refractivity contribution in [3.63, 3.8) is 0 Å². The fraction of sp³-hybridized carbons (Fsp3) is 0.111. The van der Waals surface area contributed by atoms with E-state index in [1.54, 1.807) is 19.2 Å². The van der Waals surface area contributed by atoms with E-state index in [1.807, 2.05) is 42.5 Å². The molecule has 3 rings (SSSR count). The van der Waals surface area contributed by atoms with E-state index in [9.17, 15) is 4.79 Å². The van der Waals surface area contributed by atoms with Crippen molar-refractivity contribution in [2.45, 2.75) is 6.61 Å². The maximum Gasteiger partial charge on any atom is 0.275 e. The maximum atomic E-state index is 12.2. The molecule has 3 aromatic rings. The van der Waals surface area contributed by atoms with E-state index in [4.69, 9.17) is 16.3 Å². The maximum absolute atomic E-state index is 12.2. The fourth-order valence-corrected chi connectivity index (χ4v) is 2.48. The van der Waals surface area contributed by atoms with Crippen LogP contribution in [-0.4, -0.2) is 15.7 Å². The quantitative estimate of drug-likeness (QED) is 0.765. The van der Waals surface area contributed by atoms with Gasteiger partial charge in [-0.15, -0.1) is 0 Å². The third-order valence-electron chi connectivity index (χ3n) is 3.47. The summed E-state index contributed by atoms with van der Waals surface area (Å²) in [6.45, 7) is 0.497. The van der Waals surface area contributed by atoms with E-state index in [1.165, 1.54) is 10.9 Å². The molecule has 1 amide bonds. The number of benzene rings is 2. The van der Waals surface area contributed by atoms with Crippen molar-refractivity contribution in [3.8, 4) is 5.75 Å². The molecule has 0 aliphatic carbocycles. The molecule has 24 heavy (non-hydrogen) atoms. The second-order valence-electron chi connectivity index (χ2n) is 5.22. The molecule has 0 spiro atoms. The Labute approximate surface area is 144 Å². The standard InChI is InChI=1S/C18H16ClN3O2/c1-22-17(16(19)11-20-22)18(23)21-14-7-9-15(10-8-14)24-12-13-5-3-2-4-6-13/h2-11H,12H2,1H3,(H,21,23). The van der Waals surface area contributed by atoms with Crippen LogP contribution in [0.25, 0.3) is 0 Å². The molecule has 1 aromatic heterocycles. The largest absolute Gasteiger partial charge is 0.489 e. The number of aromatic nitrogens is 2. The van der Waals surface area contributed by atoms with E-state index in [-0.39, 0.29) is 5.91 Å². The van der Waals surface area contributed by atoms with Crippen molar-refractivity contribution >= 4 is 23.2 Å². The number of hydrogen-bond donors (Lipinski definition) is 1. The molecular formula is C18H16ClN3O2. The average Bonchev–Trinajstić information content (AvgIpc) is 2.94. The number of nitrogens with one attached hydrogen (secondary N) is 1. The van der Waals surface area contributed by atoms with Gasteiger partial charge in [-0.1, -0.05) is 41.9 Å². The van der Waals surface area contributed by atoms with Gasteiger partial charge in [0, 0.05) is 12.7 Å². The SMILES string of the molecule is Cn1ncc(Cl)c1C(=O)Nc1ccc(OCc2ccccc2)cc1. The number of nitrogens with zero attached hydrogens (tertiary/aromatic N) is 2. The number of carbonyl (C=O) groups excluding carboxylic acids is 1. The molecule has 0 unspecified atom stereocenters. The molecule has 0 aliphatic rings. The minimum Gasteiger partial charge on any atom is -0.489 e. The first-order valence-corrected chi connectivity index (χ1v) is 7.77. The third-order valence-corrected chi connectivity index (χ3v) is 3.75. The molecule has 5 nitrogen and oxygen atoms in total. The first kappa shape index (κ1) is 16.1. The summed E-state index contributed by atoms with van der Waals surface area (Å²) in [5.74, 6) is 0.424. The van der Waals surface area contributed by atoms with Gasteiger partial charge < -0.3 is 10.1 Å². The molecule has 0 fully saturated rings. The lowest BCUT2D eigenvalue weighted by molar-refractivity contribution is 0.101. The summed E-state index contributed by atoms with van der Waals surface area (Å²) in [7, 11) is 1.67. The summed E-state index contributed by atoms with van der Waals surface area (Å²) in [6, 6.07) is 17.1. The molecule has 6 heteroatoms. The van der Waals surface area contributed by atoms with E-state index >= 15 is 0 Å². The van der Waals surface area contributed by atoms with Crippen molar-refractivity contribution in [1.29, 1.82) is 0 Å². The van der Waals surface area contributed by atoms with Gasteiger partial charge >= 0.3 is 0 Å². The predicted octanol–water partition coefficient (Wildman–Crippen LogP) is 3.90. The van der Waals surface area contributed by atoms with Gasteiger partial charge in [0.25, 0.3) is 5.91 Å². The highest BCUT2D eigenvalue weighted by molar-refractivity contribution is 6.34. The second kappa shape index (κ2) is 7.19. The monoisotopic (exact) mass is 341 g/mol. The Hall–Kier alpha value is -2.79. The van der Waals surface area contributed by atoms with Crippen molar-refractivity contribution in [2.75, 3.05) is 5.32 Å². The molecule has 0 aliphatic heterocycles. The van der Waals surface area contributed by atoms with Gasteiger partial charge in [0.2, 0.25) is 0 Å². The molecule has 0 atom stereocenters. The summed E-state index contributed by atoms with van der Waals surface area (Å²) in [5.41, 5.74) is 2.08. The summed E-state index contributed by atoms with van der Waals surface area (Å²) in [5, 5.41) is 7.05. The lowest BCUT2D eigenvalue weighted by Gasteiger charge is -2.09. The van der Waals surface area contributed by atoms with Gasteiger partial charge in [0.05, 0.1) is 11.2 Å². The zero-order chi connectivity index (χ0) is 16.9. The Morgan fingerprint density at radius 1 is 1.17 bits per heavy atom. The van der Waals surface area contributed by atoms with Crippen LogP contribution in [0.2, 0.25) is 5.02 Å².